The molecule has 94 valence electrons. The minimum Gasteiger partial charge on any atom is -0.369 e. The summed E-state index contributed by atoms with van der Waals surface area (Å²) in [6, 6.07) is 0. The lowest BCUT2D eigenvalue weighted by Crippen LogP contribution is -2.36. The van der Waals surface area contributed by atoms with Gasteiger partial charge in [-0.2, -0.15) is 11.8 Å². The van der Waals surface area contributed by atoms with Crippen LogP contribution in [0, 0.1) is 0 Å². The largest absolute Gasteiger partial charge is 0.369 e. The number of rotatable bonds is 4. The minimum atomic E-state index is 0.734. The summed E-state index contributed by atoms with van der Waals surface area (Å²) in [5.41, 5.74) is 1.06. The van der Waals surface area contributed by atoms with Crippen LogP contribution < -0.4 is 5.32 Å². The first-order valence-corrected chi connectivity index (χ1v) is 7.21. The van der Waals surface area contributed by atoms with Crippen LogP contribution in [0.4, 0.5) is 5.82 Å². The molecule has 1 aliphatic heterocycles. The summed E-state index contributed by atoms with van der Waals surface area (Å²) < 4.78 is 0. The zero-order valence-corrected chi connectivity index (χ0v) is 11.3. The molecule has 0 aliphatic carbocycles. The van der Waals surface area contributed by atoms with Gasteiger partial charge in [0.1, 0.15) is 5.82 Å². The van der Waals surface area contributed by atoms with Gasteiger partial charge in [-0.25, -0.2) is 4.98 Å². The van der Waals surface area contributed by atoms with Crippen LogP contribution in [0.5, 0.6) is 0 Å². The van der Waals surface area contributed by atoms with Crippen LogP contribution in [0.1, 0.15) is 19.5 Å². The first-order valence-electron chi connectivity index (χ1n) is 6.16. The SMILES string of the molecule is CCNc1cnc(CN2CCSC(C)C2)cn1. The van der Waals surface area contributed by atoms with Crippen LogP contribution in [0.25, 0.3) is 0 Å². The number of thioether (sulfide) groups is 1. The lowest BCUT2D eigenvalue weighted by atomic mass is 10.3. The first-order chi connectivity index (χ1) is 8.28. The minimum absolute atomic E-state index is 0.734. The van der Waals surface area contributed by atoms with E-state index in [0.717, 1.165) is 42.9 Å². The molecule has 4 nitrogen and oxygen atoms in total. The second kappa shape index (κ2) is 6.21. The highest BCUT2D eigenvalue weighted by molar-refractivity contribution is 7.99. The zero-order chi connectivity index (χ0) is 12.1. The van der Waals surface area contributed by atoms with Gasteiger partial charge in [-0.05, 0) is 6.92 Å². The highest BCUT2D eigenvalue weighted by Gasteiger charge is 2.16. The van der Waals surface area contributed by atoms with Gasteiger partial charge in [0.15, 0.2) is 0 Å². The van der Waals surface area contributed by atoms with E-state index in [4.69, 9.17) is 0 Å². The number of hydrogen-bond donors (Lipinski definition) is 1. The molecule has 17 heavy (non-hydrogen) atoms. The van der Waals surface area contributed by atoms with Crippen LogP contribution >= 0.6 is 11.8 Å². The van der Waals surface area contributed by atoms with E-state index in [9.17, 15) is 0 Å². The van der Waals surface area contributed by atoms with E-state index < -0.39 is 0 Å². The highest BCUT2D eigenvalue weighted by Crippen LogP contribution is 2.18. The predicted octanol–water partition coefficient (Wildman–Crippen LogP) is 1.85. The van der Waals surface area contributed by atoms with E-state index in [1.807, 2.05) is 12.4 Å². The van der Waals surface area contributed by atoms with Gasteiger partial charge in [-0.3, -0.25) is 9.88 Å². The number of anilines is 1. The predicted molar refractivity (Wildman–Crippen MR) is 73.4 cm³/mol. The summed E-state index contributed by atoms with van der Waals surface area (Å²) in [4.78, 5) is 11.2. The van der Waals surface area contributed by atoms with Gasteiger partial charge >= 0.3 is 0 Å². The third-order valence-electron chi connectivity index (χ3n) is 2.77. The molecule has 1 N–H and O–H groups in total. The molecular formula is C12H20N4S. The molecule has 1 atom stereocenters. The van der Waals surface area contributed by atoms with Gasteiger partial charge in [0, 0.05) is 37.2 Å². The van der Waals surface area contributed by atoms with Crippen molar-refractivity contribution in [2.45, 2.75) is 25.6 Å². The fraction of sp³-hybridized carbons (Fsp3) is 0.667. The second-order valence-electron chi connectivity index (χ2n) is 4.34. The Balaban J connectivity index is 1.89. The Bertz CT molecular complexity index is 341. The monoisotopic (exact) mass is 252 g/mol. The van der Waals surface area contributed by atoms with Crippen molar-refractivity contribution in [3.05, 3.63) is 18.1 Å². The van der Waals surface area contributed by atoms with Crippen molar-refractivity contribution in [1.82, 2.24) is 14.9 Å². The average Bonchev–Trinajstić information content (AvgIpc) is 2.32. The first kappa shape index (κ1) is 12.6. The van der Waals surface area contributed by atoms with Crippen molar-refractivity contribution in [1.29, 1.82) is 0 Å². The Labute approximate surface area is 107 Å². The molecule has 1 saturated heterocycles. The molecule has 1 aromatic heterocycles. The van der Waals surface area contributed by atoms with E-state index in [1.54, 1.807) is 0 Å². The molecule has 1 aliphatic rings. The molecule has 0 amide bonds. The van der Waals surface area contributed by atoms with Gasteiger partial charge in [0.25, 0.3) is 0 Å². The summed E-state index contributed by atoms with van der Waals surface area (Å²) >= 11 is 2.05. The van der Waals surface area contributed by atoms with Gasteiger partial charge in [0.2, 0.25) is 0 Å². The quantitative estimate of drug-likeness (QED) is 0.885. The van der Waals surface area contributed by atoms with Gasteiger partial charge < -0.3 is 5.32 Å². The Morgan fingerprint density at radius 2 is 2.35 bits per heavy atom. The maximum absolute atomic E-state index is 4.44. The van der Waals surface area contributed by atoms with Crippen LogP contribution in [0.3, 0.4) is 0 Å². The standard InChI is InChI=1S/C12H20N4S/c1-3-13-12-7-14-11(6-15-12)9-16-4-5-17-10(2)8-16/h6-7,10H,3-5,8-9H2,1-2H3,(H,13,15). The van der Waals surface area contributed by atoms with E-state index in [2.05, 4.69) is 45.8 Å². The zero-order valence-electron chi connectivity index (χ0n) is 10.5. The van der Waals surface area contributed by atoms with Crippen molar-refractivity contribution < 1.29 is 0 Å². The maximum atomic E-state index is 4.44. The summed E-state index contributed by atoms with van der Waals surface area (Å²) in [5, 5.41) is 3.89. The maximum Gasteiger partial charge on any atom is 0.144 e. The summed E-state index contributed by atoms with van der Waals surface area (Å²) in [6.07, 6.45) is 3.70. The van der Waals surface area contributed by atoms with Gasteiger partial charge in [-0.15, -0.1) is 0 Å². The van der Waals surface area contributed by atoms with Crippen molar-refractivity contribution in [3.63, 3.8) is 0 Å². The molecular weight excluding hydrogens is 232 g/mol. The van der Waals surface area contributed by atoms with E-state index >= 15 is 0 Å². The molecule has 2 heterocycles. The third kappa shape index (κ3) is 3.85. The molecule has 0 aromatic carbocycles. The van der Waals surface area contributed by atoms with Crippen molar-refractivity contribution in [2.75, 3.05) is 30.7 Å². The molecule has 0 radical (unpaired) electrons. The van der Waals surface area contributed by atoms with Crippen LogP contribution in [-0.2, 0) is 6.54 Å². The lowest BCUT2D eigenvalue weighted by Gasteiger charge is -2.29. The Morgan fingerprint density at radius 1 is 1.47 bits per heavy atom. The molecule has 0 spiro atoms. The Kier molecular flexibility index (Phi) is 4.62. The second-order valence-corrected chi connectivity index (χ2v) is 5.89. The number of hydrogen-bond acceptors (Lipinski definition) is 5. The molecule has 1 unspecified atom stereocenters. The smallest absolute Gasteiger partial charge is 0.144 e. The highest BCUT2D eigenvalue weighted by atomic mass is 32.2. The molecule has 1 fully saturated rings. The fourth-order valence-electron chi connectivity index (χ4n) is 1.97. The van der Waals surface area contributed by atoms with Crippen LogP contribution in [0.15, 0.2) is 12.4 Å². The molecule has 1 aromatic rings. The summed E-state index contributed by atoms with van der Waals surface area (Å²) in [6.45, 7) is 8.46. The number of nitrogens with zero attached hydrogens (tertiary/aromatic N) is 3. The molecule has 2 rings (SSSR count). The topological polar surface area (TPSA) is 41.1 Å². The Hall–Kier alpha value is -0.810. The van der Waals surface area contributed by atoms with E-state index in [1.165, 1.54) is 5.75 Å². The third-order valence-corrected chi connectivity index (χ3v) is 3.91. The van der Waals surface area contributed by atoms with Gasteiger partial charge in [-0.1, -0.05) is 6.92 Å². The summed E-state index contributed by atoms with van der Waals surface area (Å²) in [5.74, 6) is 2.09. The molecule has 0 bridgehead atoms. The normalized spacial score (nSPS) is 21.4. The average molecular weight is 252 g/mol. The fourth-order valence-corrected chi connectivity index (χ4v) is 3.05. The lowest BCUT2D eigenvalue weighted by molar-refractivity contribution is 0.275. The Morgan fingerprint density at radius 3 is 3.00 bits per heavy atom. The van der Waals surface area contributed by atoms with E-state index in [0.29, 0.717) is 0 Å². The van der Waals surface area contributed by atoms with E-state index in [-0.39, 0.29) is 0 Å². The molecule has 0 saturated carbocycles. The van der Waals surface area contributed by atoms with Crippen LogP contribution in [-0.4, -0.2) is 45.5 Å². The summed E-state index contributed by atoms with van der Waals surface area (Å²) in [7, 11) is 0. The van der Waals surface area contributed by atoms with Crippen molar-refractivity contribution in [3.8, 4) is 0 Å². The number of nitrogens with one attached hydrogen (secondary N) is 1. The van der Waals surface area contributed by atoms with Crippen molar-refractivity contribution >= 4 is 17.6 Å². The molecule has 5 heteroatoms. The number of aromatic nitrogens is 2. The van der Waals surface area contributed by atoms with Crippen molar-refractivity contribution in [2.24, 2.45) is 0 Å². The van der Waals surface area contributed by atoms with Gasteiger partial charge in [0.05, 0.1) is 18.1 Å². The van der Waals surface area contributed by atoms with Crippen LogP contribution in [0.2, 0.25) is 0 Å².